The van der Waals surface area contributed by atoms with E-state index in [1.54, 1.807) is 6.20 Å². The van der Waals surface area contributed by atoms with E-state index in [1.807, 2.05) is 18.3 Å². The van der Waals surface area contributed by atoms with Gasteiger partial charge in [-0.2, -0.15) is 0 Å². The average molecular weight is 247 g/mol. The normalized spacial score (nSPS) is 10.1. The van der Waals surface area contributed by atoms with Gasteiger partial charge in [0.2, 0.25) is 0 Å². The molecule has 14 heavy (non-hydrogen) atoms. The molecule has 2 aromatic rings. The molecule has 0 saturated heterocycles. The fourth-order valence-electron chi connectivity index (χ4n) is 1.33. The Hall–Kier alpha value is -1.15. The van der Waals surface area contributed by atoms with Crippen molar-refractivity contribution in [3.05, 3.63) is 64.4 Å². The van der Waals surface area contributed by atoms with Crippen molar-refractivity contribution in [2.45, 2.75) is 6.42 Å². The van der Waals surface area contributed by atoms with E-state index in [9.17, 15) is 0 Å². The highest BCUT2D eigenvalue weighted by molar-refractivity contribution is 9.10. The van der Waals surface area contributed by atoms with Crippen molar-refractivity contribution in [2.24, 2.45) is 0 Å². The van der Waals surface area contributed by atoms with Crippen LogP contribution in [0.25, 0.3) is 0 Å². The molecule has 1 radical (unpaired) electrons. The summed E-state index contributed by atoms with van der Waals surface area (Å²) >= 11 is 3.40. The van der Waals surface area contributed by atoms with Gasteiger partial charge in [-0.05, 0) is 35.7 Å². The molecule has 0 aliphatic heterocycles. The monoisotopic (exact) mass is 246 g/mol. The molecule has 1 heterocycles. The Balaban J connectivity index is 2.19. The molecule has 0 atom stereocenters. The fraction of sp³-hybridized carbons (Fsp3) is 0.0833. The first-order chi connectivity index (χ1) is 6.84. The third kappa shape index (κ3) is 2.42. The third-order valence-electron chi connectivity index (χ3n) is 1.96. The standard InChI is InChI=1S/C12H9BrN/c13-12-5-1-3-10(8-12)7-11-4-2-6-14-9-11/h1-4,6,8-9H,7H2. The van der Waals surface area contributed by atoms with E-state index in [0.29, 0.717) is 0 Å². The first kappa shape index (κ1) is 9.41. The van der Waals surface area contributed by atoms with Crippen LogP contribution in [0.1, 0.15) is 11.1 Å². The number of halogens is 1. The maximum Gasteiger partial charge on any atom is 0.0303 e. The lowest BCUT2D eigenvalue weighted by atomic mass is 10.1. The Morgan fingerprint density at radius 3 is 2.93 bits per heavy atom. The van der Waals surface area contributed by atoms with Gasteiger partial charge in [0.1, 0.15) is 0 Å². The second kappa shape index (κ2) is 4.38. The van der Waals surface area contributed by atoms with Crippen LogP contribution >= 0.6 is 15.9 Å². The van der Waals surface area contributed by atoms with Crippen molar-refractivity contribution in [1.82, 2.24) is 4.98 Å². The van der Waals surface area contributed by atoms with Crippen LogP contribution in [0.15, 0.2) is 47.2 Å². The number of nitrogens with zero attached hydrogens (tertiary/aromatic N) is 1. The summed E-state index contributed by atoms with van der Waals surface area (Å²) in [6.07, 6.45) is 4.60. The zero-order chi connectivity index (χ0) is 9.80. The van der Waals surface area contributed by atoms with Gasteiger partial charge in [-0.3, -0.25) is 4.98 Å². The van der Waals surface area contributed by atoms with Crippen molar-refractivity contribution in [3.63, 3.8) is 0 Å². The van der Waals surface area contributed by atoms with Gasteiger partial charge in [-0.15, -0.1) is 0 Å². The molecule has 0 amide bonds. The Labute approximate surface area is 91.9 Å². The van der Waals surface area contributed by atoms with Gasteiger partial charge in [0.05, 0.1) is 0 Å². The van der Waals surface area contributed by atoms with Crippen LogP contribution in [0.5, 0.6) is 0 Å². The summed E-state index contributed by atoms with van der Waals surface area (Å²) in [5, 5.41) is 0. The minimum atomic E-state index is 0.918. The second-order valence-electron chi connectivity index (χ2n) is 3.08. The van der Waals surface area contributed by atoms with Crippen molar-refractivity contribution >= 4 is 15.9 Å². The van der Waals surface area contributed by atoms with E-state index in [-0.39, 0.29) is 0 Å². The molecule has 0 aliphatic carbocycles. The largest absolute Gasteiger partial charge is 0.264 e. The van der Waals surface area contributed by atoms with Crippen LogP contribution in [0.4, 0.5) is 0 Å². The number of aromatic nitrogens is 1. The quantitative estimate of drug-likeness (QED) is 0.793. The molecule has 2 heteroatoms. The molecule has 0 fully saturated rings. The fourth-order valence-corrected chi connectivity index (χ4v) is 1.76. The summed E-state index contributed by atoms with van der Waals surface area (Å²) in [4.78, 5) is 4.08. The van der Waals surface area contributed by atoms with E-state index in [1.165, 1.54) is 11.1 Å². The van der Waals surface area contributed by atoms with Gasteiger partial charge >= 0.3 is 0 Å². The van der Waals surface area contributed by atoms with E-state index in [0.717, 1.165) is 10.9 Å². The summed E-state index contributed by atoms with van der Waals surface area (Å²) in [5.41, 5.74) is 2.49. The molecular weight excluding hydrogens is 238 g/mol. The van der Waals surface area contributed by atoms with Gasteiger partial charge < -0.3 is 0 Å². The molecule has 0 N–H and O–H groups in total. The molecule has 1 aromatic heterocycles. The molecule has 1 aromatic carbocycles. The van der Waals surface area contributed by atoms with E-state index >= 15 is 0 Å². The van der Waals surface area contributed by atoms with Gasteiger partial charge in [-0.25, -0.2) is 0 Å². The molecule has 1 nitrogen and oxygen atoms in total. The van der Waals surface area contributed by atoms with E-state index in [2.05, 4.69) is 45.2 Å². The van der Waals surface area contributed by atoms with E-state index < -0.39 is 0 Å². The third-order valence-corrected chi connectivity index (χ3v) is 2.42. The van der Waals surface area contributed by atoms with Crippen molar-refractivity contribution in [1.29, 1.82) is 0 Å². The van der Waals surface area contributed by atoms with Crippen molar-refractivity contribution in [2.75, 3.05) is 0 Å². The average Bonchev–Trinajstić information content (AvgIpc) is 2.19. The first-order valence-electron chi connectivity index (χ1n) is 4.39. The number of hydrogen-bond donors (Lipinski definition) is 0. The highest BCUT2D eigenvalue weighted by Crippen LogP contribution is 2.13. The number of rotatable bonds is 2. The Bertz CT molecular complexity index is 412. The smallest absolute Gasteiger partial charge is 0.0303 e. The topological polar surface area (TPSA) is 12.9 Å². The van der Waals surface area contributed by atoms with Crippen molar-refractivity contribution in [3.8, 4) is 0 Å². The molecule has 0 saturated carbocycles. The second-order valence-corrected chi connectivity index (χ2v) is 3.94. The van der Waals surface area contributed by atoms with Crippen LogP contribution < -0.4 is 0 Å². The van der Waals surface area contributed by atoms with Gasteiger partial charge in [0.25, 0.3) is 0 Å². The molecular formula is C12H9BrN. The van der Waals surface area contributed by atoms with E-state index in [4.69, 9.17) is 0 Å². The lowest BCUT2D eigenvalue weighted by Gasteiger charge is -2.00. The molecule has 0 aliphatic rings. The van der Waals surface area contributed by atoms with Crippen LogP contribution in [0, 0.1) is 6.07 Å². The zero-order valence-electron chi connectivity index (χ0n) is 7.57. The number of pyridine rings is 1. The lowest BCUT2D eigenvalue weighted by Crippen LogP contribution is -1.88. The minimum Gasteiger partial charge on any atom is -0.264 e. The number of hydrogen-bond acceptors (Lipinski definition) is 1. The SMILES string of the molecule is Brc1[c]ccc(Cc2cccnc2)c1. The summed E-state index contributed by atoms with van der Waals surface area (Å²) in [6.45, 7) is 0. The summed E-state index contributed by atoms with van der Waals surface area (Å²) < 4.78 is 0.999. The predicted molar refractivity (Wildman–Crippen MR) is 60.0 cm³/mol. The minimum absolute atomic E-state index is 0.918. The maximum absolute atomic E-state index is 4.08. The lowest BCUT2D eigenvalue weighted by molar-refractivity contribution is 1.14. The summed E-state index contributed by atoms with van der Waals surface area (Å²) in [6, 6.07) is 13.2. The Kier molecular flexibility index (Phi) is 2.94. The molecule has 0 bridgehead atoms. The Morgan fingerprint density at radius 2 is 2.21 bits per heavy atom. The predicted octanol–water partition coefficient (Wildman–Crippen LogP) is 3.24. The number of benzene rings is 1. The highest BCUT2D eigenvalue weighted by atomic mass is 79.9. The summed E-state index contributed by atoms with van der Waals surface area (Å²) in [5.74, 6) is 0. The van der Waals surface area contributed by atoms with Gasteiger partial charge in [0.15, 0.2) is 0 Å². The van der Waals surface area contributed by atoms with Crippen LogP contribution in [0.2, 0.25) is 0 Å². The first-order valence-corrected chi connectivity index (χ1v) is 5.19. The highest BCUT2D eigenvalue weighted by Gasteiger charge is 1.96. The molecule has 2 rings (SSSR count). The van der Waals surface area contributed by atoms with Crippen LogP contribution in [-0.4, -0.2) is 4.98 Å². The zero-order valence-corrected chi connectivity index (χ0v) is 9.16. The van der Waals surface area contributed by atoms with Gasteiger partial charge in [0, 0.05) is 16.9 Å². The molecule has 0 spiro atoms. The van der Waals surface area contributed by atoms with Gasteiger partial charge in [-0.1, -0.05) is 34.1 Å². The van der Waals surface area contributed by atoms with Crippen LogP contribution in [-0.2, 0) is 6.42 Å². The summed E-state index contributed by atoms with van der Waals surface area (Å²) in [7, 11) is 0. The maximum atomic E-state index is 4.08. The molecule has 0 unspecified atom stereocenters. The van der Waals surface area contributed by atoms with Crippen molar-refractivity contribution < 1.29 is 0 Å². The van der Waals surface area contributed by atoms with Crippen LogP contribution in [0.3, 0.4) is 0 Å². The Morgan fingerprint density at radius 1 is 1.29 bits per heavy atom. The molecule has 69 valence electrons.